The van der Waals surface area contributed by atoms with Gasteiger partial charge in [-0.3, -0.25) is 0 Å². The van der Waals surface area contributed by atoms with Crippen molar-refractivity contribution in [2.45, 2.75) is 12.8 Å². The van der Waals surface area contributed by atoms with E-state index in [0.717, 1.165) is 22.0 Å². The van der Waals surface area contributed by atoms with Gasteiger partial charge in [-0.1, -0.05) is 22.9 Å². The first-order chi connectivity index (χ1) is 7.22. The van der Waals surface area contributed by atoms with Gasteiger partial charge in [-0.2, -0.15) is 0 Å². The lowest BCUT2D eigenvalue weighted by Gasteiger charge is -2.05. The first-order valence-corrected chi connectivity index (χ1v) is 5.36. The third-order valence-corrected chi connectivity index (χ3v) is 2.85. The van der Waals surface area contributed by atoms with E-state index in [1.165, 1.54) is 0 Å². The Bertz CT molecular complexity index is 479. The molecule has 2 aromatic rings. The van der Waals surface area contributed by atoms with Gasteiger partial charge >= 0.3 is 0 Å². The first kappa shape index (κ1) is 10.5. The highest BCUT2D eigenvalue weighted by molar-refractivity contribution is 6.31. The number of rotatable bonds is 2. The van der Waals surface area contributed by atoms with Crippen LogP contribution in [0.15, 0.2) is 24.4 Å². The molecule has 1 aromatic heterocycles. The molecule has 0 atom stereocenters. The Hall–Kier alpha value is -1.06. The van der Waals surface area contributed by atoms with Gasteiger partial charge < -0.3 is 0 Å². The lowest BCUT2D eigenvalue weighted by Crippen LogP contribution is -1.97. The van der Waals surface area contributed by atoms with Crippen molar-refractivity contribution in [1.29, 1.82) is 0 Å². The van der Waals surface area contributed by atoms with Crippen LogP contribution in [0.5, 0.6) is 0 Å². The number of nitrogens with zero attached hydrogens (tertiary/aromatic N) is 3. The van der Waals surface area contributed by atoms with Crippen LogP contribution in [0.1, 0.15) is 11.3 Å². The van der Waals surface area contributed by atoms with Gasteiger partial charge in [0.25, 0.3) is 0 Å². The number of benzene rings is 1. The van der Waals surface area contributed by atoms with Gasteiger partial charge in [-0.05, 0) is 24.6 Å². The van der Waals surface area contributed by atoms with E-state index in [4.69, 9.17) is 23.2 Å². The predicted molar refractivity (Wildman–Crippen MR) is 60.7 cm³/mol. The van der Waals surface area contributed by atoms with E-state index in [0.29, 0.717) is 5.88 Å². The molecule has 0 aliphatic heterocycles. The summed E-state index contributed by atoms with van der Waals surface area (Å²) in [6.45, 7) is 1.94. The zero-order valence-electron chi connectivity index (χ0n) is 8.11. The van der Waals surface area contributed by atoms with Crippen LogP contribution in [-0.4, -0.2) is 15.0 Å². The van der Waals surface area contributed by atoms with E-state index in [-0.39, 0.29) is 0 Å². The normalized spacial score (nSPS) is 10.6. The summed E-state index contributed by atoms with van der Waals surface area (Å²) in [6.07, 6.45) is 1.80. The third-order valence-electron chi connectivity index (χ3n) is 2.16. The summed E-state index contributed by atoms with van der Waals surface area (Å²) in [7, 11) is 0. The molecule has 3 nitrogen and oxygen atoms in total. The maximum Gasteiger partial charge on any atom is 0.0979 e. The summed E-state index contributed by atoms with van der Waals surface area (Å²) >= 11 is 11.7. The van der Waals surface area contributed by atoms with Crippen molar-refractivity contribution in [1.82, 2.24) is 15.0 Å². The molecule has 0 radical (unpaired) electrons. The number of hydrogen-bond donors (Lipinski definition) is 0. The largest absolute Gasteiger partial charge is 0.220 e. The maximum absolute atomic E-state index is 6.02. The van der Waals surface area contributed by atoms with Crippen LogP contribution in [0.3, 0.4) is 0 Å². The van der Waals surface area contributed by atoms with Gasteiger partial charge in [-0.25, -0.2) is 4.68 Å². The SMILES string of the molecule is Cc1c(Cl)cccc1-n1cc(CCl)nn1. The predicted octanol–water partition coefficient (Wildman–Crippen LogP) is 2.97. The fourth-order valence-corrected chi connectivity index (χ4v) is 1.61. The average molecular weight is 242 g/mol. The van der Waals surface area contributed by atoms with Crippen molar-refractivity contribution in [3.8, 4) is 5.69 Å². The molecule has 1 heterocycles. The zero-order valence-corrected chi connectivity index (χ0v) is 9.63. The minimum absolute atomic E-state index is 0.361. The smallest absolute Gasteiger partial charge is 0.0979 e. The number of halogens is 2. The van der Waals surface area contributed by atoms with Crippen molar-refractivity contribution in [3.05, 3.63) is 40.7 Å². The summed E-state index contributed by atoms with van der Waals surface area (Å²) in [4.78, 5) is 0. The van der Waals surface area contributed by atoms with Crippen LogP contribution in [0.25, 0.3) is 5.69 Å². The Morgan fingerprint density at radius 1 is 1.40 bits per heavy atom. The van der Waals surface area contributed by atoms with Crippen molar-refractivity contribution in [3.63, 3.8) is 0 Å². The Balaban J connectivity index is 2.49. The second kappa shape index (κ2) is 4.21. The molecule has 1 aromatic carbocycles. The van der Waals surface area contributed by atoms with Crippen LogP contribution in [0, 0.1) is 6.92 Å². The summed E-state index contributed by atoms with van der Waals surface area (Å²) in [5, 5.41) is 8.62. The first-order valence-electron chi connectivity index (χ1n) is 4.45. The van der Waals surface area contributed by atoms with E-state index >= 15 is 0 Å². The van der Waals surface area contributed by atoms with Crippen molar-refractivity contribution < 1.29 is 0 Å². The number of aromatic nitrogens is 3. The molecule has 0 saturated heterocycles. The zero-order chi connectivity index (χ0) is 10.8. The van der Waals surface area contributed by atoms with Crippen LogP contribution in [0.2, 0.25) is 5.02 Å². The molecule has 0 unspecified atom stereocenters. The van der Waals surface area contributed by atoms with Gasteiger partial charge in [-0.15, -0.1) is 16.7 Å². The van der Waals surface area contributed by atoms with Gasteiger partial charge in [0, 0.05) is 5.02 Å². The molecule has 0 aliphatic carbocycles. The Morgan fingerprint density at radius 2 is 2.20 bits per heavy atom. The van der Waals surface area contributed by atoms with Crippen LogP contribution in [-0.2, 0) is 5.88 Å². The molecular formula is C10H9Cl2N3. The molecule has 0 amide bonds. The Labute approximate surface area is 97.6 Å². The minimum Gasteiger partial charge on any atom is -0.220 e. The molecule has 0 fully saturated rings. The van der Waals surface area contributed by atoms with Gasteiger partial charge in [0.05, 0.1) is 23.5 Å². The number of hydrogen-bond acceptors (Lipinski definition) is 2. The lowest BCUT2D eigenvalue weighted by molar-refractivity contribution is 0.796. The van der Waals surface area contributed by atoms with E-state index < -0.39 is 0 Å². The fourth-order valence-electron chi connectivity index (χ4n) is 1.32. The average Bonchev–Trinajstić information content (AvgIpc) is 2.70. The minimum atomic E-state index is 0.361. The molecule has 5 heteroatoms. The monoisotopic (exact) mass is 241 g/mol. The molecule has 0 saturated carbocycles. The number of alkyl halides is 1. The van der Waals surface area contributed by atoms with E-state index in [1.807, 2.05) is 25.1 Å². The second-order valence-electron chi connectivity index (χ2n) is 3.17. The molecular weight excluding hydrogens is 233 g/mol. The highest BCUT2D eigenvalue weighted by Crippen LogP contribution is 2.21. The summed E-state index contributed by atoms with van der Waals surface area (Å²) < 4.78 is 1.68. The highest BCUT2D eigenvalue weighted by atomic mass is 35.5. The lowest BCUT2D eigenvalue weighted by atomic mass is 10.2. The molecule has 0 N–H and O–H groups in total. The van der Waals surface area contributed by atoms with Crippen molar-refractivity contribution >= 4 is 23.2 Å². The standard InChI is InChI=1S/C10H9Cl2N3/c1-7-9(12)3-2-4-10(7)15-6-8(5-11)13-14-15/h2-4,6H,5H2,1H3. The Morgan fingerprint density at radius 3 is 2.87 bits per heavy atom. The molecule has 15 heavy (non-hydrogen) atoms. The molecule has 0 bridgehead atoms. The molecule has 0 spiro atoms. The quantitative estimate of drug-likeness (QED) is 0.758. The van der Waals surface area contributed by atoms with Crippen molar-refractivity contribution in [2.24, 2.45) is 0 Å². The fraction of sp³-hybridized carbons (Fsp3) is 0.200. The van der Waals surface area contributed by atoms with Crippen LogP contribution >= 0.6 is 23.2 Å². The molecule has 2 rings (SSSR count). The van der Waals surface area contributed by atoms with Crippen molar-refractivity contribution in [2.75, 3.05) is 0 Å². The summed E-state index contributed by atoms with van der Waals surface area (Å²) in [5.41, 5.74) is 2.65. The maximum atomic E-state index is 6.02. The topological polar surface area (TPSA) is 30.7 Å². The third kappa shape index (κ3) is 1.98. The molecule has 78 valence electrons. The van der Waals surface area contributed by atoms with Crippen LogP contribution < -0.4 is 0 Å². The summed E-state index contributed by atoms with van der Waals surface area (Å²) in [5.74, 6) is 0.361. The van der Waals surface area contributed by atoms with Gasteiger partial charge in [0.1, 0.15) is 0 Å². The van der Waals surface area contributed by atoms with Gasteiger partial charge in [0.2, 0.25) is 0 Å². The van der Waals surface area contributed by atoms with Gasteiger partial charge in [0.15, 0.2) is 0 Å². The summed E-state index contributed by atoms with van der Waals surface area (Å²) in [6, 6.07) is 5.67. The highest BCUT2D eigenvalue weighted by Gasteiger charge is 2.06. The van der Waals surface area contributed by atoms with E-state index in [2.05, 4.69) is 10.3 Å². The second-order valence-corrected chi connectivity index (χ2v) is 3.85. The van der Waals surface area contributed by atoms with E-state index in [1.54, 1.807) is 10.9 Å². The van der Waals surface area contributed by atoms with E-state index in [9.17, 15) is 0 Å². The Kier molecular flexibility index (Phi) is 2.93. The van der Waals surface area contributed by atoms with Crippen LogP contribution in [0.4, 0.5) is 0 Å². The molecule has 0 aliphatic rings.